The summed E-state index contributed by atoms with van der Waals surface area (Å²) in [5.41, 5.74) is 6.84. The van der Waals surface area contributed by atoms with Gasteiger partial charge in [0.15, 0.2) is 12.1 Å². The number of fused-ring (bicyclic) bond motifs is 2. The van der Waals surface area contributed by atoms with Gasteiger partial charge in [0.05, 0.1) is 31.4 Å². The number of hydrogen-bond donors (Lipinski definition) is 3. The molecule has 0 radical (unpaired) electrons. The first-order valence-electron chi connectivity index (χ1n) is 19.4. The number of aromatic nitrogens is 4. The van der Waals surface area contributed by atoms with Crippen LogP contribution in [0.5, 0.6) is 5.75 Å². The van der Waals surface area contributed by atoms with E-state index >= 15 is 0 Å². The van der Waals surface area contributed by atoms with Gasteiger partial charge in [0.2, 0.25) is 5.91 Å². The van der Waals surface area contributed by atoms with Crippen molar-refractivity contribution in [2.24, 2.45) is 0 Å². The molecular formula is C43H46Br2IN7O5. The molecule has 3 amide bonds. The quantitative estimate of drug-likeness (QED) is 0.0453. The van der Waals surface area contributed by atoms with E-state index < -0.39 is 0 Å². The fraction of sp³-hybridized carbons (Fsp3) is 0.349. The fourth-order valence-electron chi connectivity index (χ4n) is 6.92. The maximum absolute atomic E-state index is 13.3. The molecule has 0 unspecified atom stereocenters. The Labute approximate surface area is 368 Å². The van der Waals surface area contributed by atoms with Gasteiger partial charge in [-0.1, -0.05) is 43.4 Å². The Morgan fingerprint density at radius 1 is 0.845 bits per heavy atom. The summed E-state index contributed by atoms with van der Waals surface area (Å²) in [6.07, 6.45) is 8.51. The molecule has 15 heteroatoms. The zero-order valence-corrected chi connectivity index (χ0v) is 38.1. The Hall–Kier alpha value is -4.35. The van der Waals surface area contributed by atoms with Gasteiger partial charge in [0.1, 0.15) is 5.75 Å². The first kappa shape index (κ1) is 43.2. The van der Waals surface area contributed by atoms with Gasteiger partial charge in [-0.3, -0.25) is 19.2 Å². The van der Waals surface area contributed by atoms with E-state index in [0.717, 1.165) is 86.9 Å². The molecule has 3 N–H and O–H groups in total. The number of carbonyl (C=O) groups is 3. The molecule has 0 spiro atoms. The van der Waals surface area contributed by atoms with E-state index in [9.17, 15) is 19.2 Å². The molecule has 0 fully saturated rings. The van der Waals surface area contributed by atoms with Crippen molar-refractivity contribution >= 4 is 100 Å². The maximum atomic E-state index is 13.3. The summed E-state index contributed by atoms with van der Waals surface area (Å²) >= 11 is 9.33. The Bertz CT molecular complexity index is 2400. The monoisotopic (exact) mass is 1030 g/mol. The van der Waals surface area contributed by atoms with Crippen molar-refractivity contribution in [2.45, 2.75) is 78.7 Å². The number of aryl methyl sites for hydroxylation is 4. The van der Waals surface area contributed by atoms with Crippen molar-refractivity contribution in [3.8, 4) is 11.4 Å². The molecule has 2 aromatic heterocycles. The molecule has 58 heavy (non-hydrogen) atoms. The van der Waals surface area contributed by atoms with E-state index in [-0.39, 0.29) is 29.9 Å². The van der Waals surface area contributed by atoms with Crippen molar-refractivity contribution in [2.75, 3.05) is 25.0 Å². The van der Waals surface area contributed by atoms with Gasteiger partial charge in [-0.2, -0.15) is 10.2 Å². The number of rotatable bonds is 18. The molecule has 12 nitrogen and oxygen atoms in total. The smallest absolute Gasteiger partial charge is 0.295 e. The lowest BCUT2D eigenvalue weighted by molar-refractivity contribution is -0.123. The number of halogens is 3. The van der Waals surface area contributed by atoms with Crippen molar-refractivity contribution in [3.05, 3.63) is 106 Å². The summed E-state index contributed by atoms with van der Waals surface area (Å²) < 4.78 is 11.4. The van der Waals surface area contributed by atoms with E-state index in [1.807, 2.05) is 81.4 Å². The molecule has 6 rings (SSSR count). The van der Waals surface area contributed by atoms with Crippen LogP contribution in [0.25, 0.3) is 28.2 Å². The molecule has 5 aromatic rings. The molecule has 0 saturated carbocycles. The van der Waals surface area contributed by atoms with Gasteiger partial charge in [-0.25, -0.2) is 9.36 Å². The lowest BCUT2D eigenvalue weighted by Gasteiger charge is -2.12. The summed E-state index contributed by atoms with van der Waals surface area (Å²) in [7, 11) is 0. The molecule has 304 valence electrons. The zero-order chi connectivity index (χ0) is 41.3. The van der Waals surface area contributed by atoms with Crippen LogP contribution < -0.4 is 26.2 Å². The van der Waals surface area contributed by atoms with Gasteiger partial charge in [0, 0.05) is 46.4 Å². The predicted octanol–water partition coefficient (Wildman–Crippen LogP) is 8.56. The summed E-state index contributed by atoms with van der Waals surface area (Å²) in [6.45, 7) is 7.26. The Balaban J connectivity index is 0.820. The Morgan fingerprint density at radius 2 is 1.50 bits per heavy atom. The molecule has 1 aliphatic rings. The number of hydrogen-bond acceptors (Lipinski definition) is 7. The second-order valence-corrected chi connectivity index (χ2v) is 17.4. The van der Waals surface area contributed by atoms with Crippen LogP contribution in [0.4, 0.5) is 5.69 Å². The third-order valence-electron chi connectivity index (χ3n) is 9.93. The van der Waals surface area contributed by atoms with Crippen LogP contribution >= 0.6 is 54.5 Å². The number of nitrogens with one attached hydrogen (secondary N) is 3. The lowest BCUT2D eigenvalue weighted by atomic mass is 10.0. The lowest BCUT2D eigenvalue weighted by Crippen LogP contribution is -2.29. The normalized spacial score (nSPS) is 12.9. The number of nitrogens with zero attached hydrogens (tertiary/aromatic N) is 4. The third kappa shape index (κ3) is 10.8. The van der Waals surface area contributed by atoms with Crippen molar-refractivity contribution in [1.82, 2.24) is 30.2 Å². The molecule has 0 aliphatic carbocycles. The van der Waals surface area contributed by atoms with Crippen LogP contribution in [0.3, 0.4) is 0 Å². The SMILES string of the molecule is Cc1ccc(-n2nc3c(=O)n(CCCC(=O)NCCCCCCCCNC(=O)COc4c(Br)cc(/C=C5\C(=O)Nc6ccc(I)cc65)cc4Br)nc(C)c3c2C)cc1. The summed E-state index contributed by atoms with van der Waals surface area (Å²) in [5, 5.41) is 18.8. The van der Waals surface area contributed by atoms with Crippen molar-refractivity contribution in [3.63, 3.8) is 0 Å². The number of amides is 3. The molecule has 0 bridgehead atoms. The van der Waals surface area contributed by atoms with Crippen LogP contribution in [-0.2, 0) is 20.9 Å². The average Bonchev–Trinajstić information content (AvgIpc) is 3.69. The van der Waals surface area contributed by atoms with Crippen LogP contribution in [-0.4, -0.2) is 57.0 Å². The van der Waals surface area contributed by atoms with Gasteiger partial charge in [-0.05, 0) is 149 Å². The topological polar surface area (TPSA) is 149 Å². The summed E-state index contributed by atoms with van der Waals surface area (Å²) in [4.78, 5) is 50.8. The number of benzene rings is 3. The van der Waals surface area contributed by atoms with Gasteiger partial charge in [0.25, 0.3) is 17.4 Å². The van der Waals surface area contributed by atoms with Crippen LogP contribution in [0.1, 0.15) is 79.4 Å². The highest BCUT2D eigenvalue weighted by Crippen LogP contribution is 2.38. The molecule has 0 atom stereocenters. The first-order valence-corrected chi connectivity index (χ1v) is 22.1. The van der Waals surface area contributed by atoms with E-state index in [0.29, 0.717) is 58.3 Å². The van der Waals surface area contributed by atoms with Crippen LogP contribution in [0.2, 0.25) is 0 Å². The minimum Gasteiger partial charge on any atom is -0.481 e. The number of ether oxygens (including phenoxy) is 1. The molecule has 3 aromatic carbocycles. The largest absolute Gasteiger partial charge is 0.481 e. The minimum absolute atomic E-state index is 0.0319. The molecule has 3 heterocycles. The second kappa shape index (κ2) is 20.1. The highest BCUT2D eigenvalue weighted by molar-refractivity contribution is 14.1. The minimum atomic E-state index is -0.250. The molecular weight excluding hydrogens is 981 g/mol. The maximum Gasteiger partial charge on any atom is 0.295 e. The second-order valence-electron chi connectivity index (χ2n) is 14.4. The van der Waals surface area contributed by atoms with E-state index in [1.165, 1.54) is 4.68 Å². The number of anilines is 1. The van der Waals surface area contributed by atoms with Crippen LogP contribution in [0.15, 0.2) is 68.3 Å². The molecule has 0 saturated heterocycles. The number of unbranched alkanes of at least 4 members (excludes halogenated alkanes) is 5. The highest BCUT2D eigenvalue weighted by atomic mass is 127. The average molecular weight is 1030 g/mol. The predicted molar refractivity (Wildman–Crippen MR) is 243 cm³/mol. The van der Waals surface area contributed by atoms with E-state index in [2.05, 4.69) is 80.6 Å². The van der Waals surface area contributed by atoms with E-state index in [1.54, 1.807) is 4.68 Å². The van der Waals surface area contributed by atoms with Gasteiger partial charge in [-0.15, -0.1) is 0 Å². The van der Waals surface area contributed by atoms with E-state index in [4.69, 9.17) is 4.74 Å². The Kier molecular flexibility index (Phi) is 15.0. The summed E-state index contributed by atoms with van der Waals surface area (Å²) in [5.74, 6) is 0.130. The highest BCUT2D eigenvalue weighted by Gasteiger charge is 2.25. The number of carbonyl (C=O) groups excluding carboxylic acids is 3. The standard InChI is InChI=1S/C43H46Br2IN7O5/c1-26-12-15-31(16-13-26)53-28(3)39-27(2)50-52(43(57)40(39)51-53)20-10-11-37(54)47-18-8-6-4-5-7-9-19-48-38(55)25-58-41-34(44)22-29(23-35(41)45)21-33-32-24-30(46)14-17-36(32)49-42(33)56/h12-17,21-24H,4-11,18-20,25H2,1-3H3,(H,47,54)(H,48,55)(H,49,56)/b33-21-. The Morgan fingerprint density at radius 3 is 2.19 bits per heavy atom. The van der Waals surface area contributed by atoms with Crippen LogP contribution in [0, 0.1) is 24.3 Å². The van der Waals surface area contributed by atoms with Crippen molar-refractivity contribution < 1.29 is 19.1 Å². The fourth-order valence-corrected chi connectivity index (χ4v) is 8.86. The van der Waals surface area contributed by atoms with Gasteiger partial charge < -0.3 is 20.7 Å². The van der Waals surface area contributed by atoms with Crippen molar-refractivity contribution in [1.29, 1.82) is 0 Å². The first-order chi connectivity index (χ1) is 27.9. The third-order valence-corrected chi connectivity index (χ3v) is 11.8. The molecule has 1 aliphatic heterocycles. The summed E-state index contributed by atoms with van der Waals surface area (Å²) in [6, 6.07) is 17.5. The zero-order valence-electron chi connectivity index (χ0n) is 32.7. The van der Waals surface area contributed by atoms with Gasteiger partial charge >= 0.3 is 0 Å².